The molecule has 0 fully saturated rings. The molecule has 0 bridgehead atoms. The topological polar surface area (TPSA) is 96.6 Å². The van der Waals surface area contributed by atoms with Crippen LogP contribution in [0.2, 0.25) is 38.3 Å². The van der Waals surface area contributed by atoms with E-state index in [1.807, 2.05) is 23.5 Å². The van der Waals surface area contributed by atoms with Crippen molar-refractivity contribution in [3.05, 3.63) is 0 Å². The molecular formula is C36H80N2O5S2Si2. The highest BCUT2D eigenvalue weighted by atomic mass is 32.2. The molecule has 7 nitrogen and oxygen atoms in total. The molecule has 0 aromatic carbocycles. The van der Waals surface area contributed by atoms with Crippen LogP contribution in [0.4, 0.5) is 0 Å². The molecule has 0 rings (SSSR count). The minimum atomic E-state index is -1.78. The average Bonchev–Trinajstić information content (AvgIpc) is 2.85. The third-order valence-electron chi connectivity index (χ3n) is 8.20. The van der Waals surface area contributed by atoms with Gasteiger partial charge in [0.15, 0.2) is 16.6 Å². The van der Waals surface area contributed by atoms with Crippen molar-refractivity contribution in [3.8, 4) is 0 Å². The Morgan fingerprint density at radius 1 is 0.468 bits per heavy atom. The van der Waals surface area contributed by atoms with Gasteiger partial charge < -0.3 is 24.5 Å². The molecule has 4 N–H and O–H groups in total. The van der Waals surface area contributed by atoms with Gasteiger partial charge in [0.25, 0.3) is 0 Å². The van der Waals surface area contributed by atoms with Gasteiger partial charge in [-0.05, 0) is 99.1 Å². The predicted molar refractivity (Wildman–Crippen MR) is 215 cm³/mol. The number of hydrogen-bond donors (Lipinski definition) is 4. The lowest BCUT2D eigenvalue weighted by Gasteiger charge is -2.34. The number of thioether (sulfide) groups is 2. The maximum Gasteiger partial charge on any atom is 0.174 e. The molecule has 11 heteroatoms. The van der Waals surface area contributed by atoms with Crippen LogP contribution < -0.4 is 0 Å². The van der Waals surface area contributed by atoms with Crippen LogP contribution in [0.25, 0.3) is 0 Å². The smallest absolute Gasteiger partial charge is 0.174 e. The summed E-state index contributed by atoms with van der Waals surface area (Å²) >= 11 is 3.96. The van der Waals surface area contributed by atoms with Crippen molar-refractivity contribution in [2.75, 3.05) is 62.3 Å². The van der Waals surface area contributed by atoms with Crippen LogP contribution in [-0.2, 0) is 4.12 Å². The predicted octanol–water partition coefficient (Wildman–Crippen LogP) is 7.11. The first-order valence-electron chi connectivity index (χ1n) is 18.7. The SMILES string of the molecule is CC(C)CC(O)CN(CCSCC[Si](C)(C)O[Si](C)(C)CCSCCN(CC(O)CC(C)C)CC(O)CC(C)C)CC(O)CC(C)C. The lowest BCUT2D eigenvalue weighted by Crippen LogP contribution is -2.45. The summed E-state index contributed by atoms with van der Waals surface area (Å²) in [5.41, 5.74) is 0. The zero-order valence-corrected chi connectivity index (χ0v) is 36.5. The highest BCUT2D eigenvalue weighted by Crippen LogP contribution is 2.25. The van der Waals surface area contributed by atoms with Crippen LogP contribution in [0.3, 0.4) is 0 Å². The normalized spacial score (nSPS) is 16.0. The van der Waals surface area contributed by atoms with Gasteiger partial charge in [0.2, 0.25) is 0 Å². The molecule has 0 aromatic heterocycles. The second-order valence-electron chi connectivity index (χ2n) is 17.0. The molecule has 0 aliphatic rings. The molecule has 0 saturated carbocycles. The maximum absolute atomic E-state index is 10.6. The summed E-state index contributed by atoms with van der Waals surface area (Å²) in [5.74, 6) is 6.05. The number of aliphatic hydroxyl groups is 4. The van der Waals surface area contributed by atoms with Crippen LogP contribution in [0.5, 0.6) is 0 Å². The van der Waals surface area contributed by atoms with E-state index >= 15 is 0 Å². The van der Waals surface area contributed by atoms with E-state index in [2.05, 4.69) is 91.4 Å². The second kappa shape index (κ2) is 25.7. The Kier molecular flexibility index (Phi) is 26.2. The Hall–Kier alpha value is 0.854. The van der Waals surface area contributed by atoms with Crippen molar-refractivity contribution < 1.29 is 24.5 Å². The van der Waals surface area contributed by atoms with Gasteiger partial charge in [0, 0.05) is 50.8 Å². The number of aliphatic hydroxyl groups excluding tert-OH is 4. The van der Waals surface area contributed by atoms with E-state index in [4.69, 9.17) is 4.12 Å². The minimum Gasteiger partial charge on any atom is -0.455 e. The van der Waals surface area contributed by atoms with Crippen molar-refractivity contribution >= 4 is 40.2 Å². The summed E-state index contributed by atoms with van der Waals surface area (Å²) in [7, 11) is -3.56. The monoisotopic (exact) mass is 741 g/mol. The van der Waals surface area contributed by atoms with Gasteiger partial charge in [-0.3, -0.25) is 9.80 Å². The number of hydrogen-bond acceptors (Lipinski definition) is 9. The fraction of sp³-hybridized carbons (Fsp3) is 1.00. The van der Waals surface area contributed by atoms with Crippen LogP contribution in [-0.4, -0.2) is 134 Å². The highest BCUT2D eigenvalue weighted by molar-refractivity contribution is 7.99. The fourth-order valence-electron chi connectivity index (χ4n) is 6.26. The average molecular weight is 741 g/mol. The molecule has 0 amide bonds. The van der Waals surface area contributed by atoms with E-state index in [1.54, 1.807) is 0 Å². The summed E-state index contributed by atoms with van der Waals surface area (Å²) in [6.07, 6.45) is 1.79. The van der Waals surface area contributed by atoms with E-state index in [0.29, 0.717) is 49.9 Å². The molecule has 0 heterocycles. The molecule has 0 radical (unpaired) electrons. The molecule has 0 aromatic rings. The molecule has 0 saturated heterocycles. The standard InChI is InChI=1S/C36H80N2O5S2Si2/c1-29(2)21-33(39)25-37(26-34(40)22-30(3)4)13-15-44-17-19-46(9,10)43-47(11,12)20-18-45-16-14-38(27-35(41)23-31(5)6)28-36(42)24-32(7)8/h29-36,39-42H,13-28H2,1-12H3. The second-order valence-corrected chi connectivity index (χ2v) is 28.3. The first-order valence-corrected chi connectivity index (χ1v) is 27.3. The molecule has 0 aliphatic heterocycles. The molecule has 0 aliphatic carbocycles. The van der Waals surface area contributed by atoms with Gasteiger partial charge in [-0.1, -0.05) is 55.4 Å². The zero-order valence-electron chi connectivity index (χ0n) is 32.8. The van der Waals surface area contributed by atoms with Crippen molar-refractivity contribution in [2.45, 2.75) is 144 Å². The third-order valence-corrected chi connectivity index (χ3v) is 18.2. The van der Waals surface area contributed by atoms with Crippen molar-refractivity contribution in [3.63, 3.8) is 0 Å². The fourth-order valence-corrected chi connectivity index (χ4v) is 19.3. The van der Waals surface area contributed by atoms with Crippen LogP contribution >= 0.6 is 23.5 Å². The first-order chi connectivity index (χ1) is 21.7. The lowest BCUT2D eigenvalue weighted by molar-refractivity contribution is 0.0559. The van der Waals surface area contributed by atoms with Gasteiger partial charge in [0.05, 0.1) is 24.4 Å². The van der Waals surface area contributed by atoms with Gasteiger partial charge in [0.1, 0.15) is 0 Å². The van der Waals surface area contributed by atoms with E-state index in [1.165, 1.54) is 0 Å². The van der Waals surface area contributed by atoms with E-state index in [9.17, 15) is 20.4 Å². The molecule has 0 spiro atoms. The summed E-state index contributed by atoms with van der Waals surface area (Å²) in [5, 5.41) is 42.3. The van der Waals surface area contributed by atoms with Gasteiger partial charge >= 0.3 is 0 Å². The molecule has 4 unspecified atom stereocenters. The summed E-state index contributed by atoms with van der Waals surface area (Å²) in [6.45, 7) is 31.0. The molecule has 4 atom stereocenters. The van der Waals surface area contributed by atoms with Crippen molar-refractivity contribution in [1.82, 2.24) is 9.80 Å². The van der Waals surface area contributed by atoms with Gasteiger partial charge in [-0.2, -0.15) is 23.5 Å². The Bertz CT molecular complexity index is 669. The Balaban J connectivity index is 4.67. The zero-order chi connectivity index (χ0) is 36.2. The van der Waals surface area contributed by atoms with E-state index in [-0.39, 0.29) is 24.4 Å². The molecule has 47 heavy (non-hydrogen) atoms. The van der Waals surface area contributed by atoms with Crippen LogP contribution in [0.15, 0.2) is 0 Å². The number of nitrogens with zero attached hydrogens (tertiary/aromatic N) is 2. The maximum atomic E-state index is 10.6. The summed E-state index contributed by atoms with van der Waals surface area (Å²) in [6, 6.07) is 2.28. The van der Waals surface area contributed by atoms with E-state index < -0.39 is 16.6 Å². The van der Waals surface area contributed by atoms with Gasteiger partial charge in [-0.25, -0.2) is 0 Å². The highest BCUT2D eigenvalue weighted by Gasteiger charge is 2.32. The quantitative estimate of drug-likeness (QED) is 0.0454. The van der Waals surface area contributed by atoms with E-state index in [0.717, 1.165) is 73.9 Å². The molecule has 284 valence electrons. The van der Waals surface area contributed by atoms with Crippen LogP contribution in [0.1, 0.15) is 81.1 Å². The Morgan fingerprint density at radius 3 is 0.957 bits per heavy atom. The largest absolute Gasteiger partial charge is 0.455 e. The molecular weight excluding hydrogens is 661 g/mol. The van der Waals surface area contributed by atoms with Gasteiger partial charge in [-0.15, -0.1) is 0 Å². The summed E-state index contributed by atoms with van der Waals surface area (Å²) in [4.78, 5) is 4.53. The first kappa shape index (κ1) is 47.9. The minimum absolute atomic E-state index is 0.347. The third kappa shape index (κ3) is 29.2. The van der Waals surface area contributed by atoms with Crippen LogP contribution in [0, 0.1) is 23.7 Å². The van der Waals surface area contributed by atoms with Crippen molar-refractivity contribution in [1.29, 1.82) is 0 Å². The van der Waals surface area contributed by atoms with Crippen molar-refractivity contribution in [2.24, 2.45) is 23.7 Å². The Labute approximate surface area is 303 Å². The summed E-state index contributed by atoms with van der Waals surface area (Å²) < 4.78 is 6.94. The number of rotatable bonds is 30. The lowest BCUT2D eigenvalue weighted by atomic mass is 10.0. The Morgan fingerprint density at radius 2 is 0.723 bits per heavy atom.